The van der Waals surface area contributed by atoms with Crippen LogP contribution in [0.4, 0.5) is 5.13 Å². The highest BCUT2D eigenvalue weighted by Gasteiger charge is 2.21. The van der Waals surface area contributed by atoms with Gasteiger partial charge in [-0.25, -0.2) is 13.4 Å². The number of aromatic nitrogens is 4. The molecule has 1 amide bonds. The molecular formula is C18H19N5O4S3. The minimum atomic E-state index is -3.55. The van der Waals surface area contributed by atoms with Gasteiger partial charge in [-0.3, -0.25) is 9.59 Å². The Hall–Kier alpha value is -2.57. The lowest BCUT2D eigenvalue weighted by Crippen LogP contribution is -2.14. The molecule has 158 valence electrons. The van der Waals surface area contributed by atoms with Crippen LogP contribution in [0.1, 0.15) is 28.1 Å². The summed E-state index contributed by atoms with van der Waals surface area (Å²) >= 11 is 2.25. The van der Waals surface area contributed by atoms with Crippen LogP contribution in [-0.2, 0) is 27.4 Å². The number of carbonyl (C=O) groups is 2. The summed E-state index contributed by atoms with van der Waals surface area (Å²) in [7, 11) is -1.90. The minimum absolute atomic E-state index is 0.0332. The van der Waals surface area contributed by atoms with Crippen LogP contribution in [0.25, 0.3) is 0 Å². The van der Waals surface area contributed by atoms with E-state index in [9.17, 15) is 18.0 Å². The lowest BCUT2D eigenvalue weighted by molar-refractivity contribution is -0.113. The highest BCUT2D eigenvalue weighted by molar-refractivity contribution is 7.99. The predicted octanol–water partition coefficient (Wildman–Crippen LogP) is 2.49. The van der Waals surface area contributed by atoms with Gasteiger partial charge in [0.05, 0.1) is 21.2 Å². The van der Waals surface area contributed by atoms with E-state index in [0.717, 1.165) is 23.1 Å². The van der Waals surface area contributed by atoms with E-state index < -0.39 is 9.84 Å². The average molecular weight is 466 g/mol. The molecule has 0 unspecified atom stereocenters. The van der Waals surface area contributed by atoms with Crippen molar-refractivity contribution in [3.8, 4) is 0 Å². The van der Waals surface area contributed by atoms with Crippen LogP contribution in [0.15, 0.2) is 40.4 Å². The van der Waals surface area contributed by atoms with E-state index in [1.165, 1.54) is 19.1 Å². The Morgan fingerprint density at radius 3 is 2.53 bits per heavy atom. The molecule has 3 aromatic rings. The van der Waals surface area contributed by atoms with Crippen molar-refractivity contribution < 1.29 is 18.0 Å². The molecule has 9 nitrogen and oxygen atoms in total. The second kappa shape index (κ2) is 9.06. The molecule has 12 heteroatoms. The molecule has 0 fully saturated rings. The fourth-order valence-corrected chi connectivity index (χ4v) is 5.48. The molecule has 3 rings (SSSR count). The molecule has 30 heavy (non-hydrogen) atoms. The third kappa shape index (κ3) is 5.12. The molecule has 0 saturated carbocycles. The zero-order valence-electron chi connectivity index (χ0n) is 16.4. The first-order chi connectivity index (χ1) is 14.2. The van der Waals surface area contributed by atoms with Crippen molar-refractivity contribution in [2.75, 3.05) is 11.1 Å². The molecule has 0 radical (unpaired) electrons. The zero-order chi connectivity index (χ0) is 21.9. The third-order valence-corrected chi connectivity index (χ3v) is 7.86. The van der Waals surface area contributed by atoms with Crippen LogP contribution in [0.2, 0.25) is 0 Å². The van der Waals surface area contributed by atoms with Gasteiger partial charge in [-0.05, 0) is 19.1 Å². The summed E-state index contributed by atoms with van der Waals surface area (Å²) in [5.41, 5.74) is 0.577. The van der Waals surface area contributed by atoms with Crippen LogP contribution in [0.3, 0.4) is 0 Å². The smallest absolute Gasteiger partial charge is 0.236 e. The maximum Gasteiger partial charge on any atom is 0.236 e. The number of nitrogens with one attached hydrogen (secondary N) is 1. The van der Waals surface area contributed by atoms with Gasteiger partial charge in [-0.15, -0.1) is 10.2 Å². The molecule has 0 saturated heterocycles. The molecule has 0 aliphatic carbocycles. The Labute approximate surface area is 181 Å². The Morgan fingerprint density at radius 2 is 1.90 bits per heavy atom. The topological polar surface area (TPSA) is 124 Å². The van der Waals surface area contributed by atoms with Gasteiger partial charge in [0.15, 0.2) is 25.9 Å². The predicted molar refractivity (Wildman–Crippen MR) is 115 cm³/mol. The van der Waals surface area contributed by atoms with E-state index in [2.05, 4.69) is 20.5 Å². The number of ketones is 1. The van der Waals surface area contributed by atoms with Gasteiger partial charge in [0, 0.05) is 14.0 Å². The number of rotatable bonds is 8. The van der Waals surface area contributed by atoms with Crippen molar-refractivity contribution in [2.24, 2.45) is 7.05 Å². The summed E-state index contributed by atoms with van der Waals surface area (Å²) in [4.78, 5) is 28.6. The van der Waals surface area contributed by atoms with Crippen LogP contribution in [0, 0.1) is 6.92 Å². The first-order valence-electron chi connectivity index (χ1n) is 8.74. The fourth-order valence-electron chi connectivity index (χ4n) is 2.54. The molecule has 0 atom stereocenters. The maximum atomic E-state index is 12.5. The number of anilines is 1. The van der Waals surface area contributed by atoms with Gasteiger partial charge in [-0.1, -0.05) is 41.3 Å². The molecule has 0 aliphatic rings. The third-order valence-electron chi connectivity index (χ3n) is 4.04. The highest BCUT2D eigenvalue weighted by Crippen LogP contribution is 2.24. The van der Waals surface area contributed by atoms with Crippen molar-refractivity contribution in [3.05, 3.63) is 46.7 Å². The standard InChI is InChI=1S/C18H19N5O4S3/c1-11-16(12(2)24)29-17(19-11)20-15(25)9-28-18-22-21-14(23(18)3)10-30(26,27)13-7-5-4-6-8-13/h4-8H,9-10H2,1-3H3,(H,19,20,25). The summed E-state index contributed by atoms with van der Waals surface area (Å²) in [5, 5.41) is 11.4. The molecule has 0 spiro atoms. The van der Waals surface area contributed by atoms with Gasteiger partial charge >= 0.3 is 0 Å². The highest BCUT2D eigenvalue weighted by atomic mass is 32.2. The monoisotopic (exact) mass is 465 g/mol. The largest absolute Gasteiger partial charge is 0.308 e. The van der Waals surface area contributed by atoms with Crippen molar-refractivity contribution in [1.29, 1.82) is 0 Å². The first kappa shape index (κ1) is 22.1. The number of amides is 1. The lowest BCUT2D eigenvalue weighted by Gasteiger charge is -2.05. The van der Waals surface area contributed by atoms with E-state index in [4.69, 9.17) is 0 Å². The van der Waals surface area contributed by atoms with E-state index in [0.29, 0.717) is 20.9 Å². The number of hydrogen-bond acceptors (Lipinski definition) is 9. The van der Waals surface area contributed by atoms with E-state index in [-0.39, 0.29) is 33.9 Å². The first-order valence-corrected chi connectivity index (χ1v) is 12.2. The number of sulfone groups is 1. The minimum Gasteiger partial charge on any atom is -0.308 e. The fraction of sp³-hybridized carbons (Fsp3) is 0.278. The summed E-state index contributed by atoms with van der Waals surface area (Å²) in [6.07, 6.45) is 0. The summed E-state index contributed by atoms with van der Waals surface area (Å²) in [6, 6.07) is 8.13. The van der Waals surface area contributed by atoms with Gasteiger partial charge in [0.25, 0.3) is 0 Å². The van der Waals surface area contributed by atoms with Crippen LogP contribution in [-0.4, -0.2) is 45.6 Å². The quantitative estimate of drug-likeness (QED) is 0.397. The number of thiazole rings is 1. The average Bonchev–Trinajstić information content (AvgIpc) is 3.23. The van der Waals surface area contributed by atoms with E-state index in [1.54, 1.807) is 36.7 Å². The van der Waals surface area contributed by atoms with Gasteiger partial charge in [0.2, 0.25) is 5.91 Å². The Morgan fingerprint density at radius 1 is 1.20 bits per heavy atom. The Bertz CT molecular complexity index is 1190. The molecule has 2 heterocycles. The Balaban J connectivity index is 1.62. The Kier molecular flexibility index (Phi) is 6.68. The molecule has 0 aliphatic heterocycles. The maximum absolute atomic E-state index is 12.5. The van der Waals surface area contributed by atoms with Crippen LogP contribution in [0.5, 0.6) is 0 Å². The molecule has 1 aromatic carbocycles. The second-order valence-electron chi connectivity index (χ2n) is 6.36. The molecular weight excluding hydrogens is 446 g/mol. The lowest BCUT2D eigenvalue weighted by atomic mass is 10.3. The normalized spacial score (nSPS) is 11.4. The second-order valence-corrected chi connectivity index (χ2v) is 10.3. The SMILES string of the molecule is CC(=O)c1sc(NC(=O)CSc2nnc(CS(=O)(=O)c3ccccc3)n2C)nc1C. The number of hydrogen-bond donors (Lipinski definition) is 1. The summed E-state index contributed by atoms with van der Waals surface area (Å²) in [5.74, 6) is -0.393. The summed E-state index contributed by atoms with van der Waals surface area (Å²) < 4.78 is 26.6. The van der Waals surface area contributed by atoms with E-state index >= 15 is 0 Å². The van der Waals surface area contributed by atoms with Crippen molar-refractivity contribution in [1.82, 2.24) is 19.7 Å². The molecule has 2 aromatic heterocycles. The van der Waals surface area contributed by atoms with Crippen molar-refractivity contribution in [2.45, 2.75) is 29.7 Å². The zero-order valence-corrected chi connectivity index (χ0v) is 18.9. The van der Waals surface area contributed by atoms with Gasteiger partial charge < -0.3 is 9.88 Å². The number of thioether (sulfide) groups is 1. The summed E-state index contributed by atoms with van der Waals surface area (Å²) in [6.45, 7) is 3.16. The van der Waals surface area contributed by atoms with Crippen molar-refractivity contribution >= 4 is 49.8 Å². The van der Waals surface area contributed by atoms with Crippen molar-refractivity contribution in [3.63, 3.8) is 0 Å². The van der Waals surface area contributed by atoms with Crippen LogP contribution < -0.4 is 5.32 Å². The number of nitrogens with zero attached hydrogens (tertiary/aromatic N) is 4. The molecule has 1 N–H and O–H groups in total. The number of benzene rings is 1. The van der Waals surface area contributed by atoms with Gasteiger partial charge in [-0.2, -0.15) is 0 Å². The molecule has 0 bridgehead atoms. The van der Waals surface area contributed by atoms with Gasteiger partial charge in [0.1, 0.15) is 11.6 Å². The number of carbonyl (C=O) groups excluding carboxylic acids is 2. The number of Topliss-reactive ketones (excluding diaryl/α,β-unsaturated/α-hetero) is 1. The van der Waals surface area contributed by atoms with Crippen LogP contribution >= 0.6 is 23.1 Å². The van der Waals surface area contributed by atoms with E-state index in [1.807, 2.05) is 0 Å². The number of aryl methyl sites for hydroxylation is 1.